The van der Waals surface area contributed by atoms with Crippen molar-refractivity contribution in [3.8, 4) is 0 Å². The first-order valence-electron chi connectivity index (χ1n) is 5.47. The third-order valence-corrected chi connectivity index (χ3v) is 3.00. The fourth-order valence-electron chi connectivity index (χ4n) is 1.31. The third kappa shape index (κ3) is 4.66. The summed E-state index contributed by atoms with van der Waals surface area (Å²) in [6.07, 6.45) is 0.961. The zero-order valence-corrected chi connectivity index (χ0v) is 11.1. The fraction of sp³-hybridized carbons (Fsp3) is 0.500. The van der Waals surface area contributed by atoms with Gasteiger partial charge in [-0.15, -0.1) is 11.3 Å². The molecule has 0 aliphatic rings. The lowest BCUT2D eigenvalue weighted by Crippen LogP contribution is -2.16. The Hall–Kier alpha value is -1.20. The lowest BCUT2D eigenvalue weighted by atomic mass is 10.1. The molecule has 0 spiro atoms. The van der Waals surface area contributed by atoms with Crippen LogP contribution in [0.1, 0.15) is 31.0 Å². The number of nitrogens with zero attached hydrogens (tertiary/aromatic N) is 1. The van der Waals surface area contributed by atoms with Crippen LogP contribution in [0.15, 0.2) is 11.0 Å². The van der Waals surface area contributed by atoms with E-state index < -0.39 is 6.10 Å². The van der Waals surface area contributed by atoms with Crippen LogP contribution in [-0.2, 0) is 9.53 Å². The van der Waals surface area contributed by atoms with Gasteiger partial charge < -0.3 is 9.84 Å². The molecule has 0 fully saturated rings. The van der Waals surface area contributed by atoms with Crippen LogP contribution < -0.4 is 0 Å². The minimum Gasteiger partial charge on any atom is -0.466 e. The van der Waals surface area contributed by atoms with Gasteiger partial charge >= 0.3 is 5.97 Å². The summed E-state index contributed by atoms with van der Waals surface area (Å²) in [4.78, 5) is 15.5. The molecule has 1 aromatic rings. The molecule has 0 unspecified atom stereocenters. The van der Waals surface area contributed by atoms with Gasteiger partial charge in [0, 0.05) is 5.38 Å². The molecule has 1 rings (SSSR count). The number of rotatable bonds is 5. The molecule has 1 N–H and O–H groups in total. The molecular weight excluding hydrogens is 238 g/mol. The molecule has 0 aliphatic carbocycles. The Morgan fingerprint density at radius 3 is 2.94 bits per heavy atom. The predicted octanol–water partition coefficient (Wildman–Crippen LogP) is 2.17. The molecule has 4 nitrogen and oxygen atoms in total. The zero-order chi connectivity index (χ0) is 12.8. The van der Waals surface area contributed by atoms with E-state index in [2.05, 4.69) is 4.98 Å². The zero-order valence-electron chi connectivity index (χ0n) is 10.3. The van der Waals surface area contributed by atoms with Gasteiger partial charge in [0.05, 0.1) is 29.8 Å². The number of hydrogen-bond acceptors (Lipinski definition) is 5. The first-order valence-corrected chi connectivity index (χ1v) is 6.35. The molecule has 94 valence electrons. The van der Waals surface area contributed by atoms with Crippen LogP contribution in [0.4, 0.5) is 0 Å². The lowest BCUT2D eigenvalue weighted by Gasteiger charge is -2.09. The first-order chi connectivity index (χ1) is 8.02. The van der Waals surface area contributed by atoms with Gasteiger partial charge in [0.15, 0.2) is 0 Å². The highest BCUT2D eigenvalue weighted by Crippen LogP contribution is 2.15. The SMILES string of the molecule is CCOC(=O)C[C@H](O)C(C)=Cc1csc(C)n1. The number of hydrogen-bond donors (Lipinski definition) is 1. The normalized spacial score (nSPS) is 13.5. The number of carbonyl (C=O) groups excluding carboxylic acids is 1. The quantitative estimate of drug-likeness (QED) is 0.819. The van der Waals surface area contributed by atoms with Gasteiger partial charge in [0.25, 0.3) is 0 Å². The summed E-state index contributed by atoms with van der Waals surface area (Å²) in [5.41, 5.74) is 1.52. The minimum absolute atomic E-state index is 0.0146. The van der Waals surface area contributed by atoms with Gasteiger partial charge in [-0.2, -0.15) is 0 Å². The second-order valence-electron chi connectivity index (χ2n) is 3.70. The van der Waals surface area contributed by atoms with Crippen LogP contribution >= 0.6 is 11.3 Å². The van der Waals surface area contributed by atoms with Crippen LogP contribution in [0.2, 0.25) is 0 Å². The summed E-state index contributed by atoms with van der Waals surface area (Å²) in [6, 6.07) is 0. The third-order valence-electron chi connectivity index (χ3n) is 2.20. The summed E-state index contributed by atoms with van der Waals surface area (Å²) in [5.74, 6) is -0.387. The number of aliphatic hydroxyl groups is 1. The molecule has 0 bridgehead atoms. The molecule has 5 heteroatoms. The Morgan fingerprint density at radius 2 is 2.41 bits per heavy atom. The summed E-state index contributed by atoms with van der Waals surface area (Å²) >= 11 is 1.55. The van der Waals surface area contributed by atoms with Crippen molar-refractivity contribution in [1.29, 1.82) is 0 Å². The number of aliphatic hydroxyl groups excluding tert-OH is 1. The number of carbonyl (C=O) groups is 1. The van der Waals surface area contributed by atoms with E-state index in [1.807, 2.05) is 12.3 Å². The second-order valence-corrected chi connectivity index (χ2v) is 4.77. The van der Waals surface area contributed by atoms with E-state index in [9.17, 15) is 9.90 Å². The van der Waals surface area contributed by atoms with E-state index in [4.69, 9.17) is 4.74 Å². The van der Waals surface area contributed by atoms with E-state index in [1.165, 1.54) is 0 Å². The van der Waals surface area contributed by atoms with Crippen LogP contribution in [0.25, 0.3) is 6.08 Å². The lowest BCUT2D eigenvalue weighted by molar-refractivity contribution is -0.144. The van der Waals surface area contributed by atoms with Crippen LogP contribution in [0, 0.1) is 6.92 Å². The maximum Gasteiger partial charge on any atom is 0.308 e. The largest absolute Gasteiger partial charge is 0.466 e. The number of aromatic nitrogens is 1. The Morgan fingerprint density at radius 1 is 1.71 bits per heavy atom. The average Bonchev–Trinajstić information content (AvgIpc) is 2.64. The van der Waals surface area contributed by atoms with Crippen molar-refractivity contribution in [2.75, 3.05) is 6.61 Å². The first kappa shape index (κ1) is 13.9. The minimum atomic E-state index is -0.809. The molecule has 0 saturated carbocycles. The van der Waals surface area contributed by atoms with Crippen LogP contribution in [-0.4, -0.2) is 28.8 Å². The highest BCUT2D eigenvalue weighted by atomic mass is 32.1. The Labute approximate surface area is 105 Å². The Bertz CT molecular complexity index is 412. The summed E-state index contributed by atoms with van der Waals surface area (Å²) in [6.45, 7) is 5.77. The monoisotopic (exact) mass is 255 g/mol. The van der Waals surface area contributed by atoms with E-state index in [1.54, 1.807) is 31.3 Å². The van der Waals surface area contributed by atoms with Gasteiger partial charge in [0.1, 0.15) is 0 Å². The number of aryl methyl sites for hydroxylation is 1. The molecule has 1 atom stereocenters. The van der Waals surface area contributed by atoms with E-state index in [0.717, 1.165) is 10.7 Å². The van der Waals surface area contributed by atoms with Crippen LogP contribution in [0.3, 0.4) is 0 Å². The number of esters is 1. The smallest absolute Gasteiger partial charge is 0.308 e. The molecular formula is C12H17NO3S. The van der Waals surface area contributed by atoms with Gasteiger partial charge in [-0.25, -0.2) is 4.98 Å². The van der Waals surface area contributed by atoms with Crippen molar-refractivity contribution < 1.29 is 14.6 Å². The molecule has 0 aromatic carbocycles. The maximum absolute atomic E-state index is 11.2. The molecule has 0 saturated heterocycles. The molecule has 1 heterocycles. The maximum atomic E-state index is 11.2. The van der Waals surface area contributed by atoms with Crippen LogP contribution in [0.5, 0.6) is 0 Å². The second kappa shape index (κ2) is 6.51. The van der Waals surface area contributed by atoms with Gasteiger partial charge in [-0.1, -0.05) is 0 Å². The number of ether oxygens (including phenoxy) is 1. The summed E-state index contributed by atoms with van der Waals surface area (Å²) < 4.78 is 4.78. The topological polar surface area (TPSA) is 59.4 Å². The van der Waals surface area contributed by atoms with E-state index >= 15 is 0 Å². The fourth-order valence-corrected chi connectivity index (χ4v) is 1.88. The number of thiazole rings is 1. The van der Waals surface area contributed by atoms with Crippen molar-refractivity contribution in [1.82, 2.24) is 4.98 Å². The molecule has 0 radical (unpaired) electrons. The van der Waals surface area contributed by atoms with Gasteiger partial charge in [0.2, 0.25) is 0 Å². The molecule has 17 heavy (non-hydrogen) atoms. The highest BCUT2D eigenvalue weighted by molar-refractivity contribution is 7.09. The van der Waals surface area contributed by atoms with Gasteiger partial charge in [-0.3, -0.25) is 4.79 Å². The average molecular weight is 255 g/mol. The highest BCUT2D eigenvalue weighted by Gasteiger charge is 2.13. The van der Waals surface area contributed by atoms with Crippen molar-refractivity contribution >= 4 is 23.4 Å². The Balaban J connectivity index is 2.59. The van der Waals surface area contributed by atoms with Crippen molar-refractivity contribution in [2.24, 2.45) is 0 Å². The summed E-state index contributed by atoms with van der Waals surface area (Å²) in [7, 11) is 0. The molecule has 0 aliphatic heterocycles. The van der Waals surface area contributed by atoms with Crippen molar-refractivity contribution in [2.45, 2.75) is 33.3 Å². The van der Waals surface area contributed by atoms with Crippen molar-refractivity contribution in [3.63, 3.8) is 0 Å². The van der Waals surface area contributed by atoms with E-state index in [-0.39, 0.29) is 12.4 Å². The predicted molar refractivity (Wildman–Crippen MR) is 67.8 cm³/mol. The molecule has 0 amide bonds. The van der Waals surface area contributed by atoms with Gasteiger partial charge in [-0.05, 0) is 32.4 Å². The molecule has 1 aromatic heterocycles. The van der Waals surface area contributed by atoms with E-state index in [0.29, 0.717) is 12.2 Å². The summed E-state index contributed by atoms with van der Waals surface area (Å²) in [5, 5.41) is 12.7. The standard InChI is InChI=1S/C12H17NO3S/c1-4-16-12(15)6-11(14)8(2)5-10-7-17-9(3)13-10/h5,7,11,14H,4,6H2,1-3H3/t11-/m0/s1. The Kier molecular flexibility index (Phi) is 5.31. The van der Waals surface area contributed by atoms with Crippen molar-refractivity contribution in [3.05, 3.63) is 21.7 Å².